The molecule has 4 rings (SSSR count). The number of benzene rings is 2. The summed E-state index contributed by atoms with van der Waals surface area (Å²) < 4.78 is 11.1. The fourth-order valence-corrected chi connectivity index (χ4v) is 4.06. The summed E-state index contributed by atoms with van der Waals surface area (Å²) in [5, 5.41) is 0. The smallest absolute Gasteiger partial charge is 0.137 e. The van der Waals surface area contributed by atoms with Gasteiger partial charge >= 0.3 is 0 Å². The van der Waals surface area contributed by atoms with Crippen LogP contribution in [0, 0.1) is 0 Å². The van der Waals surface area contributed by atoms with Crippen molar-refractivity contribution in [1.29, 1.82) is 0 Å². The second-order valence-electron chi connectivity index (χ2n) is 6.94. The van der Waals surface area contributed by atoms with Crippen LogP contribution in [-0.4, -0.2) is 33.4 Å². The zero-order valence-electron chi connectivity index (χ0n) is 14.9. The SMILES string of the molecule is COc1ccc(OCC[NH+]2CCC3=C(CCc4ccccc43)C2)cc1. The largest absolute Gasteiger partial charge is 0.497 e. The standard InChI is InChI=1S/C22H25NO2/c1-24-19-8-10-20(11-9-19)25-15-14-23-13-12-22-18(16-23)7-6-17-4-2-3-5-21(17)22/h2-5,8-11H,6-7,12-16H2,1H3/p+1. The molecule has 1 unspecified atom stereocenters. The number of nitrogens with one attached hydrogen (secondary N) is 1. The van der Waals surface area contributed by atoms with Crippen LogP contribution in [0.3, 0.4) is 0 Å². The second-order valence-corrected chi connectivity index (χ2v) is 6.94. The van der Waals surface area contributed by atoms with Crippen LogP contribution < -0.4 is 14.4 Å². The van der Waals surface area contributed by atoms with Gasteiger partial charge in [-0.25, -0.2) is 0 Å². The number of rotatable bonds is 5. The summed E-state index contributed by atoms with van der Waals surface area (Å²) >= 11 is 0. The van der Waals surface area contributed by atoms with E-state index in [1.165, 1.54) is 43.5 Å². The van der Waals surface area contributed by atoms with Crippen LogP contribution in [0.25, 0.3) is 5.57 Å². The monoisotopic (exact) mass is 336 g/mol. The van der Waals surface area contributed by atoms with Crippen molar-refractivity contribution in [1.82, 2.24) is 0 Å². The molecule has 0 amide bonds. The summed E-state index contributed by atoms with van der Waals surface area (Å²) in [5.41, 5.74) is 6.34. The van der Waals surface area contributed by atoms with Crippen molar-refractivity contribution in [3.8, 4) is 11.5 Å². The summed E-state index contributed by atoms with van der Waals surface area (Å²) in [4.78, 5) is 1.65. The highest BCUT2D eigenvalue weighted by Crippen LogP contribution is 2.33. The summed E-state index contributed by atoms with van der Waals surface area (Å²) in [6.45, 7) is 4.21. The maximum atomic E-state index is 5.91. The van der Waals surface area contributed by atoms with Gasteiger partial charge in [-0.3, -0.25) is 0 Å². The third-order valence-corrected chi connectivity index (χ3v) is 5.44. The van der Waals surface area contributed by atoms with Gasteiger partial charge in [0.05, 0.1) is 20.2 Å². The average Bonchev–Trinajstić information content (AvgIpc) is 2.68. The number of hydrogen-bond acceptors (Lipinski definition) is 2. The molecule has 0 spiro atoms. The first kappa shape index (κ1) is 16.2. The van der Waals surface area contributed by atoms with Gasteiger partial charge in [0.25, 0.3) is 0 Å². The molecule has 1 atom stereocenters. The van der Waals surface area contributed by atoms with E-state index in [1.54, 1.807) is 23.2 Å². The summed E-state index contributed by atoms with van der Waals surface area (Å²) in [7, 11) is 1.68. The van der Waals surface area contributed by atoms with Gasteiger partial charge in [0, 0.05) is 6.42 Å². The predicted molar refractivity (Wildman–Crippen MR) is 100 cm³/mol. The normalized spacial score (nSPS) is 19.2. The highest BCUT2D eigenvalue weighted by molar-refractivity contribution is 5.73. The molecule has 0 aromatic heterocycles. The van der Waals surface area contributed by atoms with Gasteiger partial charge in [-0.2, -0.15) is 0 Å². The van der Waals surface area contributed by atoms with E-state index in [0.717, 1.165) is 24.7 Å². The number of quaternary nitrogens is 1. The number of aryl methyl sites for hydroxylation is 1. The molecular weight excluding hydrogens is 310 g/mol. The van der Waals surface area contributed by atoms with Crippen molar-refractivity contribution in [2.75, 3.05) is 33.4 Å². The maximum Gasteiger partial charge on any atom is 0.137 e. The molecule has 130 valence electrons. The van der Waals surface area contributed by atoms with Crippen LogP contribution in [0.2, 0.25) is 0 Å². The van der Waals surface area contributed by atoms with E-state index < -0.39 is 0 Å². The molecule has 2 aromatic carbocycles. The summed E-state index contributed by atoms with van der Waals surface area (Å²) in [6, 6.07) is 16.8. The molecule has 0 fully saturated rings. The highest BCUT2D eigenvalue weighted by Gasteiger charge is 2.26. The van der Waals surface area contributed by atoms with Crippen LogP contribution in [0.4, 0.5) is 0 Å². The molecular formula is C22H26NO2+. The van der Waals surface area contributed by atoms with Crippen molar-refractivity contribution < 1.29 is 14.4 Å². The van der Waals surface area contributed by atoms with E-state index in [1.807, 2.05) is 24.3 Å². The van der Waals surface area contributed by atoms with Crippen LogP contribution in [0.15, 0.2) is 54.1 Å². The second kappa shape index (κ2) is 7.32. The van der Waals surface area contributed by atoms with Gasteiger partial charge in [-0.15, -0.1) is 0 Å². The topological polar surface area (TPSA) is 22.9 Å². The van der Waals surface area contributed by atoms with E-state index in [9.17, 15) is 0 Å². The van der Waals surface area contributed by atoms with E-state index in [-0.39, 0.29) is 0 Å². The number of hydrogen-bond donors (Lipinski definition) is 1. The molecule has 0 saturated carbocycles. The van der Waals surface area contributed by atoms with Crippen molar-refractivity contribution in [3.05, 3.63) is 65.2 Å². The molecule has 1 aliphatic heterocycles. The van der Waals surface area contributed by atoms with E-state index >= 15 is 0 Å². The third kappa shape index (κ3) is 3.57. The lowest BCUT2D eigenvalue weighted by Crippen LogP contribution is -3.13. The van der Waals surface area contributed by atoms with Crippen molar-refractivity contribution in [2.24, 2.45) is 0 Å². The Morgan fingerprint density at radius 1 is 0.920 bits per heavy atom. The third-order valence-electron chi connectivity index (χ3n) is 5.44. The van der Waals surface area contributed by atoms with Gasteiger partial charge < -0.3 is 14.4 Å². The van der Waals surface area contributed by atoms with Crippen LogP contribution in [0.5, 0.6) is 11.5 Å². The molecule has 0 saturated heterocycles. The molecule has 0 bridgehead atoms. The van der Waals surface area contributed by atoms with Gasteiger partial charge in [0.1, 0.15) is 24.7 Å². The fraction of sp³-hybridized carbons (Fsp3) is 0.364. The van der Waals surface area contributed by atoms with Crippen LogP contribution in [0.1, 0.15) is 24.0 Å². The Morgan fingerprint density at radius 2 is 1.72 bits per heavy atom. The Hall–Kier alpha value is -2.26. The number of methoxy groups -OCH3 is 1. The van der Waals surface area contributed by atoms with Crippen LogP contribution >= 0.6 is 0 Å². The summed E-state index contributed by atoms with van der Waals surface area (Å²) in [5.74, 6) is 1.79. The maximum absolute atomic E-state index is 5.91. The quantitative estimate of drug-likeness (QED) is 0.907. The van der Waals surface area contributed by atoms with Gasteiger partial charge in [0.15, 0.2) is 0 Å². The van der Waals surface area contributed by atoms with E-state index in [4.69, 9.17) is 9.47 Å². The number of fused-ring (bicyclic) bond motifs is 2. The Morgan fingerprint density at radius 3 is 2.56 bits per heavy atom. The molecule has 1 N–H and O–H groups in total. The molecule has 3 heteroatoms. The van der Waals surface area contributed by atoms with Gasteiger partial charge in [-0.1, -0.05) is 24.3 Å². The van der Waals surface area contributed by atoms with Crippen molar-refractivity contribution >= 4 is 5.57 Å². The number of ether oxygens (including phenoxy) is 2. The first-order valence-corrected chi connectivity index (χ1v) is 9.23. The Balaban J connectivity index is 1.33. The molecule has 25 heavy (non-hydrogen) atoms. The highest BCUT2D eigenvalue weighted by atomic mass is 16.5. The van der Waals surface area contributed by atoms with Crippen molar-refractivity contribution in [3.63, 3.8) is 0 Å². The lowest BCUT2D eigenvalue weighted by Gasteiger charge is -2.32. The minimum absolute atomic E-state index is 0.765. The zero-order valence-corrected chi connectivity index (χ0v) is 14.9. The predicted octanol–water partition coefficient (Wildman–Crippen LogP) is 2.76. The van der Waals surface area contributed by atoms with E-state index in [0.29, 0.717) is 0 Å². The molecule has 3 nitrogen and oxygen atoms in total. The Labute approximate surface area is 149 Å². The summed E-state index contributed by atoms with van der Waals surface area (Å²) in [6.07, 6.45) is 3.63. The molecule has 1 aliphatic carbocycles. The zero-order chi connectivity index (χ0) is 17.1. The minimum Gasteiger partial charge on any atom is -0.497 e. The Kier molecular flexibility index (Phi) is 4.75. The fourth-order valence-electron chi connectivity index (χ4n) is 4.06. The molecule has 0 radical (unpaired) electrons. The van der Waals surface area contributed by atoms with Gasteiger partial charge in [-0.05, 0) is 59.4 Å². The molecule has 1 heterocycles. The first-order chi connectivity index (χ1) is 12.3. The Bertz CT molecular complexity index is 764. The first-order valence-electron chi connectivity index (χ1n) is 9.23. The van der Waals surface area contributed by atoms with Crippen LogP contribution in [-0.2, 0) is 6.42 Å². The van der Waals surface area contributed by atoms with Crippen molar-refractivity contribution in [2.45, 2.75) is 19.3 Å². The average molecular weight is 336 g/mol. The lowest BCUT2D eigenvalue weighted by molar-refractivity contribution is -0.896. The van der Waals surface area contributed by atoms with E-state index in [2.05, 4.69) is 24.3 Å². The molecule has 2 aromatic rings. The minimum atomic E-state index is 0.765. The molecule has 2 aliphatic rings. The van der Waals surface area contributed by atoms with Gasteiger partial charge in [0.2, 0.25) is 0 Å². The lowest BCUT2D eigenvalue weighted by atomic mass is 9.82.